The van der Waals surface area contributed by atoms with Gasteiger partial charge in [-0.25, -0.2) is 4.68 Å². The van der Waals surface area contributed by atoms with Gasteiger partial charge >= 0.3 is 0 Å². The standard InChI is InChI=1S/C19H24N4O3/c1-12-16(13(2)26-21-12)10-19(25)22-9-3-4-15(22)11-23-18(24)8-7-17(20-23)14-5-6-14/h7-8,14-15H,3-6,9-11H2,1-2H3. The molecule has 138 valence electrons. The van der Waals surface area contributed by atoms with Crippen molar-refractivity contribution in [1.29, 1.82) is 0 Å². The average Bonchev–Trinajstić information content (AvgIpc) is 3.30. The molecule has 3 heterocycles. The molecule has 0 N–H and O–H groups in total. The van der Waals surface area contributed by atoms with E-state index < -0.39 is 0 Å². The number of nitrogens with zero attached hydrogens (tertiary/aromatic N) is 4. The number of carbonyl (C=O) groups is 1. The molecule has 1 aliphatic heterocycles. The number of aryl methyl sites for hydroxylation is 2. The summed E-state index contributed by atoms with van der Waals surface area (Å²) in [6, 6.07) is 3.46. The maximum atomic E-state index is 12.8. The molecule has 2 fully saturated rings. The Kier molecular flexibility index (Phi) is 4.38. The molecule has 1 atom stereocenters. The molecule has 2 aliphatic rings. The van der Waals surface area contributed by atoms with Crippen LogP contribution in [0.25, 0.3) is 0 Å². The molecule has 0 radical (unpaired) electrons. The second kappa shape index (κ2) is 6.70. The molecule has 1 saturated carbocycles. The summed E-state index contributed by atoms with van der Waals surface area (Å²) < 4.78 is 6.70. The number of amides is 1. The first-order valence-corrected chi connectivity index (χ1v) is 9.32. The Morgan fingerprint density at radius 2 is 2.08 bits per heavy atom. The Bertz CT molecular complexity index is 862. The quantitative estimate of drug-likeness (QED) is 0.818. The third-order valence-corrected chi connectivity index (χ3v) is 5.47. The number of aromatic nitrogens is 3. The van der Waals surface area contributed by atoms with Crippen LogP contribution in [0.5, 0.6) is 0 Å². The summed E-state index contributed by atoms with van der Waals surface area (Å²) in [5.74, 6) is 1.26. The van der Waals surface area contributed by atoms with Gasteiger partial charge in [0.1, 0.15) is 5.76 Å². The number of hydrogen-bond acceptors (Lipinski definition) is 5. The maximum Gasteiger partial charge on any atom is 0.266 e. The molecule has 26 heavy (non-hydrogen) atoms. The molecule has 0 spiro atoms. The molecular formula is C19H24N4O3. The van der Waals surface area contributed by atoms with E-state index in [4.69, 9.17) is 4.52 Å². The molecule has 0 aromatic carbocycles. The molecule has 1 aliphatic carbocycles. The van der Waals surface area contributed by atoms with Gasteiger partial charge < -0.3 is 9.42 Å². The summed E-state index contributed by atoms with van der Waals surface area (Å²) in [6.07, 6.45) is 4.44. The van der Waals surface area contributed by atoms with Crippen molar-refractivity contribution in [2.75, 3.05) is 6.54 Å². The van der Waals surface area contributed by atoms with Crippen molar-refractivity contribution >= 4 is 5.91 Å². The summed E-state index contributed by atoms with van der Waals surface area (Å²) in [4.78, 5) is 26.9. The van der Waals surface area contributed by atoms with Crippen LogP contribution >= 0.6 is 0 Å². The molecule has 0 bridgehead atoms. The molecular weight excluding hydrogens is 332 g/mol. The lowest BCUT2D eigenvalue weighted by Crippen LogP contribution is -2.41. The summed E-state index contributed by atoms with van der Waals surface area (Å²) in [5, 5.41) is 8.46. The predicted molar refractivity (Wildman–Crippen MR) is 94.9 cm³/mol. The summed E-state index contributed by atoms with van der Waals surface area (Å²) in [6.45, 7) is 4.88. The van der Waals surface area contributed by atoms with E-state index >= 15 is 0 Å². The lowest BCUT2D eigenvalue weighted by Gasteiger charge is -2.25. The smallest absolute Gasteiger partial charge is 0.266 e. The third kappa shape index (κ3) is 3.30. The minimum Gasteiger partial charge on any atom is -0.361 e. The van der Waals surface area contributed by atoms with E-state index in [1.807, 2.05) is 24.8 Å². The fourth-order valence-electron chi connectivity index (χ4n) is 3.75. The highest BCUT2D eigenvalue weighted by Crippen LogP contribution is 2.38. The first-order valence-electron chi connectivity index (χ1n) is 9.32. The van der Waals surface area contributed by atoms with E-state index in [2.05, 4.69) is 10.3 Å². The normalized spacial score (nSPS) is 19.9. The Labute approximate surface area is 152 Å². The second-order valence-corrected chi connectivity index (χ2v) is 7.42. The fourth-order valence-corrected chi connectivity index (χ4v) is 3.75. The SMILES string of the molecule is Cc1noc(C)c1CC(=O)N1CCCC1Cn1nc(C2CC2)ccc1=O. The number of carbonyl (C=O) groups excluding carboxylic acids is 1. The van der Waals surface area contributed by atoms with Crippen LogP contribution in [0, 0.1) is 13.8 Å². The van der Waals surface area contributed by atoms with E-state index in [0.717, 1.165) is 49.2 Å². The van der Waals surface area contributed by atoms with Gasteiger partial charge in [-0.3, -0.25) is 9.59 Å². The molecule has 1 unspecified atom stereocenters. The monoisotopic (exact) mass is 356 g/mol. The van der Waals surface area contributed by atoms with E-state index in [9.17, 15) is 9.59 Å². The van der Waals surface area contributed by atoms with Gasteiger partial charge in [0.2, 0.25) is 5.91 Å². The zero-order chi connectivity index (χ0) is 18.3. The fraction of sp³-hybridized carbons (Fsp3) is 0.579. The number of hydrogen-bond donors (Lipinski definition) is 0. The van der Waals surface area contributed by atoms with Gasteiger partial charge in [0, 0.05) is 24.1 Å². The van der Waals surface area contributed by atoms with E-state index in [0.29, 0.717) is 24.6 Å². The minimum absolute atomic E-state index is 0.0163. The lowest BCUT2D eigenvalue weighted by molar-refractivity contribution is -0.131. The highest BCUT2D eigenvalue weighted by molar-refractivity contribution is 5.79. The molecule has 2 aromatic heterocycles. The molecule has 1 amide bonds. The third-order valence-electron chi connectivity index (χ3n) is 5.47. The number of likely N-dealkylation sites (tertiary alicyclic amines) is 1. The Morgan fingerprint density at radius 3 is 2.77 bits per heavy atom. The van der Waals surface area contributed by atoms with Gasteiger partial charge in [-0.15, -0.1) is 0 Å². The first kappa shape index (κ1) is 17.0. The summed E-state index contributed by atoms with van der Waals surface area (Å²) in [7, 11) is 0. The van der Waals surface area contributed by atoms with Gasteiger partial charge in [-0.2, -0.15) is 5.10 Å². The van der Waals surface area contributed by atoms with Gasteiger partial charge in [0.25, 0.3) is 5.56 Å². The van der Waals surface area contributed by atoms with Crippen molar-refractivity contribution in [2.45, 2.75) is 64.5 Å². The largest absolute Gasteiger partial charge is 0.361 e. The molecule has 1 saturated heterocycles. The lowest BCUT2D eigenvalue weighted by atomic mass is 10.1. The van der Waals surface area contributed by atoms with Crippen molar-refractivity contribution in [1.82, 2.24) is 19.8 Å². The highest BCUT2D eigenvalue weighted by Gasteiger charge is 2.31. The van der Waals surface area contributed by atoms with Gasteiger partial charge in [0.05, 0.1) is 30.4 Å². The predicted octanol–water partition coefficient (Wildman–Crippen LogP) is 1.96. The van der Waals surface area contributed by atoms with Crippen LogP contribution in [0.4, 0.5) is 0 Å². The van der Waals surface area contributed by atoms with Crippen molar-refractivity contribution in [3.8, 4) is 0 Å². The second-order valence-electron chi connectivity index (χ2n) is 7.42. The van der Waals surface area contributed by atoms with Crippen molar-refractivity contribution in [2.24, 2.45) is 0 Å². The highest BCUT2D eigenvalue weighted by atomic mass is 16.5. The Morgan fingerprint density at radius 1 is 1.27 bits per heavy atom. The zero-order valence-corrected chi connectivity index (χ0v) is 15.3. The first-order chi connectivity index (χ1) is 12.5. The average molecular weight is 356 g/mol. The van der Waals surface area contributed by atoms with Crippen LogP contribution in [0.3, 0.4) is 0 Å². The molecule has 7 nitrogen and oxygen atoms in total. The van der Waals surface area contributed by atoms with Crippen LogP contribution in [-0.4, -0.2) is 38.3 Å². The van der Waals surface area contributed by atoms with Crippen LogP contribution in [0.2, 0.25) is 0 Å². The van der Waals surface area contributed by atoms with Crippen LogP contribution in [0.15, 0.2) is 21.5 Å². The van der Waals surface area contributed by atoms with Crippen LogP contribution in [-0.2, 0) is 17.8 Å². The minimum atomic E-state index is -0.0978. The van der Waals surface area contributed by atoms with Gasteiger partial charge in [0.15, 0.2) is 0 Å². The zero-order valence-electron chi connectivity index (χ0n) is 15.3. The van der Waals surface area contributed by atoms with Crippen molar-refractivity contribution in [3.05, 3.63) is 45.2 Å². The summed E-state index contributed by atoms with van der Waals surface area (Å²) in [5.41, 5.74) is 2.53. The maximum absolute atomic E-state index is 12.8. The van der Waals surface area contributed by atoms with Crippen LogP contribution in [0.1, 0.15) is 54.3 Å². The Balaban J connectivity index is 1.49. The van der Waals surface area contributed by atoms with Gasteiger partial charge in [-0.1, -0.05) is 5.16 Å². The molecule has 7 heteroatoms. The molecule has 2 aromatic rings. The van der Waals surface area contributed by atoms with E-state index in [1.54, 1.807) is 10.7 Å². The van der Waals surface area contributed by atoms with Gasteiger partial charge in [-0.05, 0) is 45.6 Å². The molecule has 4 rings (SSSR count). The van der Waals surface area contributed by atoms with E-state index in [-0.39, 0.29) is 17.5 Å². The van der Waals surface area contributed by atoms with Crippen LogP contribution < -0.4 is 5.56 Å². The Hall–Kier alpha value is -2.44. The van der Waals surface area contributed by atoms with Crippen molar-refractivity contribution < 1.29 is 9.32 Å². The topological polar surface area (TPSA) is 81.2 Å². The number of rotatable bonds is 5. The van der Waals surface area contributed by atoms with E-state index in [1.165, 1.54) is 0 Å². The van der Waals surface area contributed by atoms with Crippen molar-refractivity contribution in [3.63, 3.8) is 0 Å². The summed E-state index contributed by atoms with van der Waals surface area (Å²) >= 11 is 0.